The molecule has 94 heavy (non-hydrogen) atoms. The largest absolute Gasteiger partial charge is 0.463 e. The molecule has 39 nitrogen and oxygen atoms in total. The van der Waals surface area contributed by atoms with Crippen LogP contribution in [-0.4, -0.2) is 262 Å². The van der Waals surface area contributed by atoms with Crippen LogP contribution in [0.1, 0.15) is 96.9 Å². The van der Waals surface area contributed by atoms with E-state index in [0.29, 0.717) is 0 Å². The molecule has 0 saturated carbocycles. The maximum atomic E-state index is 13.1. The summed E-state index contributed by atoms with van der Waals surface area (Å²) in [6, 6.07) is -1.51. The van der Waals surface area contributed by atoms with Gasteiger partial charge in [0.05, 0.1) is 19.3 Å². The van der Waals surface area contributed by atoms with Crippen molar-refractivity contribution in [2.24, 2.45) is 5.73 Å². The van der Waals surface area contributed by atoms with Crippen LogP contribution in [0.3, 0.4) is 0 Å². The third-order valence-corrected chi connectivity index (χ3v) is 13.0. The van der Waals surface area contributed by atoms with Crippen molar-refractivity contribution in [1.82, 2.24) is 0 Å². The minimum absolute atomic E-state index is 0.804. The lowest BCUT2D eigenvalue weighted by Crippen LogP contribution is -2.73. The maximum absolute atomic E-state index is 13.1. The second-order valence-corrected chi connectivity index (χ2v) is 21.1. The molecule has 4 aliphatic heterocycles. The molecule has 39 heteroatoms. The number of carbonyl (C=O) groups excluding carboxylic acids is 14. The van der Waals surface area contributed by atoms with Crippen molar-refractivity contribution >= 4 is 83.6 Å². The standard InChI is InChI=1S/C55H77NO38/c1-21(57)73-17-36-40(79-25(5)61)42(81-27(7)63)44(83-29(9)65)52(89-36)93-54(71)38(19-75-23(3)59)91-50(46(85-31(11)67)48(54)87-33(13)69)77-15-35(56)16-78-51-47(86-32(12)68)49(88-34(14)70)55(72,39(92-51)20-76-24(4)60)94-53-45(84-30(10)66)43(82-28(8)64)41(80-26(6)62)37(90-53)18-74-22(2)58/h35-53,71-72H,15-20,56H2,1-14H3/t36-,37-,38-,39-,40-,41-,42+,43+,44-,45-,46-,47-,48-,49-,50-,51-,52+,53+,54-,55-/m1/s1. The van der Waals surface area contributed by atoms with Gasteiger partial charge in [-0.1, -0.05) is 0 Å². The summed E-state index contributed by atoms with van der Waals surface area (Å²) in [6.07, 6.45) is -37.3. The fourth-order valence-corrected chi connectivity index (χ4v) is 9.76. The van der Waals surface area contributed by atoms with Gasteiger partial charge in [-0.15, -0.1) is 0 Å². The number of ether oxygens (including phenoxy) is 22. The Morgan fingerprint density at radius 1 is 0.319 bits per heavy atom. The Morgan fingerprint density at radius 3 is 0.830 bits per heavy atom. The van der Waals surface area contributed by atoms with Crippen LogP contribution in [0.4, 0.5) is 0 Å². The molecule has 0 aliphatic carbocycles. The van der Waals surface area contributed by atoms with Gasteiger partial charge in [-0.2, -0.15) is 0 Å². The number of hydrogen-bond acceptors (Lipinski definition) is 39. The third kappa shape index (κ3) is 22.7. The zero-order valence-electron chi connectivity index (χ0n) is 53.4. The minimum atomic E-state index is -3.36. The van der Waals surface area contributed by atoms with Gasteiger partial charge in [0.15, 0.2) is 85.8 Å². The van der Waals surface area contributed by atoms with E-state index in [0.717, 1.165) is 96.9 Å². The second-order valence-electron chi connectivity index (χ2n) is 21.1. The normalized spacial score (nSPS) is 32.1. The Kier molecular flexibility index (Phi) is 29.3. The van der Waals surface area contributed by atoms with Gasteiger partial charge in [-0.3, -0.25) is 67.1 Å². The van der Waals surface area contributed by atoms with Crippen LogP contribution >= 0.6 is 0 Å². The lowest BCUT2D eigenvalue weighted by atomic mass is 9.93. The fourth-order valence-electron chi connectivity index (χ4n) is 9.76. The van der Waals surface area contributed by atoms with Crippen molar-refractivity contribution in [3.63, 3.8) is 0 Å². The predicted octanol–water partition coefficient (Wildman–Crippen LogP) is -3.77. The smallest absolute Gasteiger partial charge is 0.303 e. The van der Waals surface area contributed by atoms with Gasteiger partial charge in [0, 0.05) is 96.9 Å². The summed E-state index contributed by atoms with van der Waals surface area (Å²) in [5.74, 6) is -21.9. The van der Waals surface area contributed by atoms with Crippen LogP contribution in [0.15, 0.2) is 0 Å². The Bertz CT molecular complexity index is 2580. The van der Waals surface area contributed by atoms with E-state index in [9.17, 15) is 77.3 Å². The molecule has 4 heterocycles. The first kappa shape index (κ1) is 78.6. The van der Waals surface area contributed by atoms with Crippen molar-refractivity contribution in [2.45, 2.75) is 225 Å². The molecule has 0 aromatic heterocycles. The van der Waals surface area contributed by atoms with E-state index in [2.05, 4.69) is 0 Å². The SMILES string of the molecule is CC(=O)OC[C@H]1O[C@@H](O[C@@]2(O)[C@H](OC(C)=O)[C@@H](OC(C)=O)[C@H](OCC(N)CO[C@@H]3O[C@H](COC(C)=O)[C@@](O)(O[C@@H]4O[C@H](COC(C)=O)[C@@H](OC(C)=O)[C@H](OC(C)=O)[C@H]4OC(C)=O)[C@H](OC(C)=O)[C@H]3OC(C)=O)O[C@@H]2COC(C)=O)[C@H](OC(C)=O)[C@@H](OC(C)=O)[C@@H]1OC(C)=O. The van der Waals surface area contributed by atoms with Crippen LogP contribution in [0.25, 0.3) is 0 Å². The van der Waals surface area contributed by atoms with E-state index in [1.54, 1.807) is 0 Å². The van der Waals surface area contributed by atoms with E-state index in [1.165, 1.54) is 0 Å². The van der Waals surface area contributed by atoms with Gasteiger partial charge in [0.25, 0.3) is 0 Å². The molecule has 0 spiro atoms. The zero-order chi connectivity index (χ0) is 70.9. The van der Waals surface area contributed by atoms with E-state index in [1.807, 2.05) is 0 Å². The van der Waals surface area contributed by atoms with E-state index < -0.39 is 251 Å². The van der Waals surface area contributed by atoms with Crippen molar-refractivity contribution in [1.29, 1.82) is 0 Å². The molecule has 4 saturated heterocycles. The fraction of sp³-hybridized carbons (Fsp3) is 0.745. The zero-order valence-corrected chi connectivity index (χ0v) is 53.4. The molecule has 530 valence electrons. The van der Waals surface area contributed by atoms with Crippen LogP contribution in [-0.2, 0) is 171 Å². The number of carbonyl (C=O) groups is 14. The molecule has 4 rings (SSSR count). The molecular weight excluding hydrogens is 1280 g/mol. The summed E-state index contributed by atoms with van der Waals surface area (Å²) in [6.45, 7) is 7.20. The molecule has 4 fully saturated rings. The average molecular weight is 1360 g/mol. The van der Waals surface area contributed by atoms with Crippen LogP contribution in [0.5, 0.6) is 0 Å². The Labute approximate surface area is 534 Å². The van der Waals surface area contributed by atoms with Gasteiger partial charge in [0.2, 0.25) is 24.2 Å². The highest BCUT2D eigenvalue weighted by Gasteiger charge is 2.67. The maximum Gasteiger partial charge on any atom is 0.303 e. The summed E-state index contributed by atoms with van der Waals surface area (Å²) >= 11 is 0. The van der Waals surface area contributed by atoms with Gasteiger partial charge < -0.3 is 120 Å². The topological polar surface area (TPSA) is 509 Å². The summed E-state index contributed by atoms with van der Waals surface area (Å²) in [5.41, 5.74) is 6.51. The molecule has 0 radical (unpaired) electrons. The monoisotopic (exact) mass is 1360 g/mol. The van der Waals surface area contributed by atoms with Gasteiger partial charge in [-0.05, 0) is 0 Å². The predicted molar refractivity (Wildman–Crippen MR) is 289 cm³/mol. The first-order valence-corrected chi connectivity index (χ1v) is 28.4. The number of aliphatic hydroxyl groups is 2. The molecule has 0 bridgehead atoms. The number of nitrogens with two attached hydrogens (primary N) is 1. The highest BCUT2D eigenvalue weighted by atomic mass is 16.8. The number of esters is 14. The summed E-state index contributed by atoms with van der Waals surface area (Å²) in [7, 11) is 0. The quantitative estimate of drug-likeness (QED) is 0.0384. The summed E-state index contributed by atoms with van der Waals surface area (Å²) in [4.78, 5) is 177. The van der Waals surface area contributed by atoms with E-state index in [-0.39, 0.29) is 0 Å². The molecule has 0 unspecified atom stereocenters. The lowest BCUT2D eigenvalue weighted by Gasteiger charge is -2.52. The first-order chi connectivity index (χ1) is 43.8. The van der Waals surface area contributed by atoms with Crippen molar-refractivity contribution in [2.75, 3.05) is 39.6 Å². The molecule has 0 aromatic rings. The number of rotatable bonds is 28. The molecular formula is C55H77NO38. The lowest BCUT2D eigenvalue weighted by molar-refractivity contribution is -0.441. The molecule has 20 atom stereocenters. The van der Waals surface area contributed by atoms with Gasteiger partial charge >= 0.3 is 83.6 Å². The Hall–Kier alpha value is -7.86. The van der Waals surface area contributed by atoms with E-state index >= 15 is 0 Å². The van der Waals surface area contributed by atoms with E-state index in [4.69, 9.17) is 110 Å². The average Bonchev–Trinajstić information content (AvgIpc) is 0.750. The van der Waals surface area contributed by atoms with Gasteiger partial charge in [0.1, 0.15) is 38.6 Å². The number of hydrogen-bond donors (Lipinski definition) is 3. The van der Waals surface area contributed by atoms with Crippen molar-refractivity contribution in [3.8, 4) is 0 Å². The molecule has 4 N–H and O–H groups in total. The van der Waals surface area contributed by atoms with Crippen LogP contribution in [0.2, 0.25) is 0 Å². The summed E-state index contributed by atoms with van der Waals surface area (Å²) in [5, 5.41) is 25.8. The highest BCUT2D eigenvalue weighted by molar-refractivity contribution is 5.71. The van der Waals surface area contributed by atoms with Crippen molar-refractivity contribution in [3.05, 3.63) is 0 Å². The molecule has 0 amide bonds. The Morgan fingerprint density at radius 2 is 0.564 bits per heavy atom. The third-order valence-electron chi connectivity index (χ3n) is 13.0. The van der Waals surface area contributed by atoms with Crippen LogP contribution in [0, 0.1) is 0 Å². The first-order valence-electron chi connectivity index (χ1n) is 28.4. The summed E-state index contributed by atoms with van der Waals surface area (Å²) < 4.78 is 124. The van der Waals surface area contributed by atoms with Gasteiger partial charge in [-0.25, -0.2) is 0 Å². The van der Waals surface area contributed by atoms with Crippen molar-refractivity contribution < 1.29 is 182 Å². The second kappa shape index (κ2) is 35.0. The minimum Gasteiger partial charge on any atom is -0.463 e. The molecule has 4 aliphatic rings. The molecule has 0 aromatic carbocycles. The Balaban J connectivity index is 1.80. The van der Waals surface area contributed by atoms with Crippen LogP contribution < -0.4 is 5.73 Å². The highest BCUT2D eigenvalue weighted by Crippen LogP contribution is 2.43.